The molecule has 1 aliphatic carbocycles. The van der Waals surface area contributed by atoms with Crippen LogP contribution in [0.2, 0.25) is 0 Å². The number of alkyl halides is 1. The van der Waals surface area contributed by atoms with E-state index in [-0.39, 0.29) is 0 Å². The number of aromatic nitrogens is 2. The predicted molar refractivity (Wildman–Crippen MR) is 69.7 cm³/mol. The summed E-state index contributed by atoms with van der Waals surface area (Å²) in [5, 5.41) is 1.06. The first-order chi connectivity index (χ1) is 7.72. The van der Waals surface area contributed by atoms with Crippen molar-refractivity contribution in [3.05, 3.63) is 5.82 Å². The fraction of sp³-hybridized carbons (Fsp3) is 0.818. The molecule has 3 nitrogen and oxygen atoms in total. The average Bonchev–Trinajstić information content (AvgIpc) is 2.99. The van der Waals surface area contributed by atoms with Gasteiger partial charge in [-0.3, -0.25) is 0 Å². The second-order valence-electron chi connectivity index (χ2n) is 4.54. The molecular weight excluding hydrogens is 242 g/mol. The largest absolute Gasteiger partial charge is 0.344 e. The lowest BCUT2D eigenvalue weighted by atomic mass is 10.3. The number of hydrogen-bond donors (Lipinski definition) is 0. The Morgan fingerprint density at radius 2 is 2.25 bits per heavy atom. The van der Waals surface area contributed by atoms with Gasteiger partial charge < -0.3 is 4.90 Å². The summed E-state index contributed by atoms with van der Waals surface area (Å²) in [6.45, 7) is 5.35. The Bertz CT molecular complexity index is 336. The van der Waals surface area contributed by atoms with Crippen molar-refractivity contribution in [2.75, 3.05) is 17.3 Å². The zero-order chi connectivity index (χ0) is 11.5. The van der Waals surface area contributed by atoms with Gasteiger partial charge in [0, 0.05) is 35.9 Å². The van der Waals surface area contributed by atoms with Gasteiger partial charge in [0.05, 0.1) is 0 Å². The summed E-state index contributed by atoms with van der Waals surface area (Å²) in [6.07, 6.45) is 3.52. The highest BCUT2D eigenvalue weighted by atomic mass is 35.5. The maximum absolute atomic E-state index is 5.74. The minimum absolute atomic E-state index is 0.461. The molecule has 0 N–H and O–H groups in total. The number of rotatable bonds is 6. The molecule has 90 valence electrons. The van der Waals surface area contributed by atoms with Crippen LogP contribution in [0.15, 0.2) is 0 Å². The second-order valence-corrected chi connectivity index (χ2v) is 5.65. The van der Waals surface area contributed by atoms with Crippen LogP contribution in [-0.2, 0) is 0 Å². The van der Waals surface area contributed by atoms with Crippen LogP contribution in [0.5, 0.6) is 0 Å². The zero-order valence-electron chi connectivity index (χ0n) is 9.82. The lowest BCUT2D eigenvalue weighted by Crippen LogP contribution is -2.31. The van der Waals surface area contributed by atoms with Crippen molar-refractivity contribution in [2.45, 2.75) is 45.1 Å². The van der Waals surface area contributed by atoms with Gasteiger partial charge in [-0.05, 0) is 33.1 Å². The smallest absolute Gasteiger partial charge is 0.205 e. The Labute approximate surface area is 106 Å². The standard InChI is InChI=1S/C11H18ClN3S/c1-8(2)15(7-3-6-12)11-13-10(14-16-11)9-4-5-9/h8-9H,3-7H2,1-2H3. The summed E-state index contributed by atoms with van der Waals surface area (Å²) < 4.78 is 4.45. The minimum Gasteiger partial charge on any atom is -0.344 e. The van der Waals surface area contributed by atoms with E-state index < -0.39 is 0 Å². The van der Waals surface area contributed by atoms with Gasteiger partial charge in [0.1, 0.15) is 5.82 Å². The monoisotopic (exact) mass is 259 g/mol. The Morgan fingerprint density at radius 3 is 2.81 bits per heavy atom. The molecule has 0 saturated heterocycles. The van der Waals surface area contributed by atoms with E-state index >= 15 is 0 Å². The number of anilines is 1. The third-order valence-corrected chi connectivity index (χ3v) is 3.81. The molecule has 1 fully saturated rings. The van der Waals surface area contributed by atoms with Crippen LogP contribution >= 0.6 is 23.1 Å². The molecule has 16 heavy (non-hydrogen) atoms. The molecule has 2 rings (SSSR count). The van der Waals surface area contributed by atoms with Crippen molar-refractivity contribution < 1.29 is 0 Å². The van der Waals surface area contributed by atoms with Crippen LogP contribution in [0.25, 0.3) is 0 Å². The van der Waals surface area contributed by atoms with Crippen molar-refractivity contribution in [3.8, 4) is 0 Å². The first-order valence-electron chi connectivity index (χ1n) is 5.88. The fourth-order valence-electron chi connectivity index (χ4n) is 1.66. The Kier molecular flexibility index (Phi) is 4.03. The topological polar surface area (TPSA) is 29.0 Å². The lowest BCUT2D eigenvalue weighted by Gasteiger charge is -2.25. The zero-order valence-corrected chi connectivity index (χ0v) is 11.4. The molecule has 1 heterocycles. The van der Waals surface area contributed by atoms with Gasteiger partial charge in [0.25, 0.3) is 0 Å². The number of nitrogens with zero attached hydrogens (tertiary/aromatic N) is 3. The van der Waals surface area contributed by atoms with Crippen LogP contribution in [0.3, 0.4) is 0 Å². The first kappa shape index (κ1) is 12.1. The molecule has 1 aromatic heterocycles. The van der Waals surface area contributed by atoms with Crippen molar-refractivity contribution in [1.29, 1.82) is 0 Å². The SMILES string of the molecule is CC(C)N(CCCCl)c1nc(C2CC2)ns1. The van der Waals surface area contributed by atoms with Gasteiger partial charge in [-0.15, -0.1) is 11.6 Å². The van der Waals surface area contributed by atoms with Crippen LogP contribution in [0.4, 0.5) is 5.13 Å². The molecule has 0 aliphatic heterocycles. The van der Waals surface area contributed by atoms with Gasteiger partial charge in [-0.1, -0.05) is 0 Å². The normalized spacial score (nSPS) is 15.8. The molecule has 0 amide bonds. The molecule has 0 spiro atoms. The van der Waals surface area contributed by atoms with E-state index in [1.165, 1.54) is 24.4 Å². The quantitative estimate of drug-likeness (QED) is 0.735. The lowest BCUT2D eigenvalue weighted by molar-refractivity contribution is 0.669. The molecule has 1 aliphatic rings. The van der Waals surface area contributed by atoms with Crippen molar-refractivity contribution in [3.63, 3.8) is 0 Å². The second kappa shape index (κ2) is 5.32. The first-order valence-corrected chi connectivity index (χ1v) is 7.19. The molecule has 0 radical (unpaired) electrons. The van der Waals surface area contributed by atoms with E-state index in [1.807, 2.05) is 0 Å². The molecule has 0 bridgehead atoms. The van der Waals surface area contributed by atoms with E-state index in [9.17, 15) is 0 Å². The molecule has 1 aromatic rings. The summed E-state index contributed by atoms with van der Waals surface area (Å²) >= 11 is 7.27. The van der Waals surface area contributed by atoms with E-state index in [0.717, 1.165) is 23.9 Å². The molecule has 1 saturated carbocycles. The maximum atomic E-state index is 5.74. The van der Waals surface area contributed by atoms with Gasteiger partial charge in [-0.2, -0.15) is 4.37 Å². The third-order valence-electron chi connectivity index (χ3n) is 2.78. The highest BCUT2D eigenvalue weighted by molar-refractivity contribution is 7.09. The number of halogens is 1. The van der Waals surface area contributed by atoms with E-state index in [2.05, 4.69) is 28.1 Å². The average molecular weight is 260 g/mol. The van der Waals surface area contributed by atoms with Gasteiger partial charge in [0.2, 0.25) is 5.13 Å². The molecular formula is C11H18ClN3S. The number of hydrogen-bond acceptors (Lipinski definition) is 4. The van der Waals surface area contributed by atoms with E-state index in [0.29, 0.717) is 17.8 Å². The maximum Gasteiger partial charge on any atom is 0.205 e. The van der Waals surface area contributed by atoms with Gasteiger partial charge in [-0.25, -0.2) is 4.98 Å². The van der Waals surface area contributed by atoms with Gasteiger partial charge >= 0.3 is 0 Å². The molecule has 5 heteroatoms. The van der Waals surface area contributed by atoms with Crippen molar-refractivity contribution in [2.24, 2.45) is 0 Å². The fourth-order valence-corrected chi connectivity index (χ4v) is 2.68. The third kappa shape index (κ3) is 2.86. The summed E-state index contributed by atoms with van der Waals surface area (Å²) in [5.74, 6) is 2.40. The Morgan fingerprint density at radius 1 is 1.50 bits per heavy atom. The van der Waals surface area contributed by atoms with E-state index in [4.69, 9.17) is 11.6 Å². The molecule has 0 unspecified atom stereocenters. The minimum atomic E-state index is 0.461. The summed E-state index contributed by atoms with van der Waals surface area (Å²) in [4.78, 5) is 6.93. The predicted octanol–water partition coefficient (Wildman–Crippen LogP) is 3.26. The summed E-state index contributed by atoms with van der Waals surface area (Å²) in [6, 6.07) is 0.461. The van der Waals surface area contributed by atoms with E-state index in [1.54, 1.807) is 0 Å². The Balaban J connectivity index is 2.04. The van der Waals surface area contributed by atoms with Crippen molar-refractivity contribution >= 4 is 28.3 Å². The summed E-state index contributed by atoms with van der Waals surface area (Å²) in [7, 11) is 0. The van der Waals surface area contributed by atoms with Crippen LogP contribution in [0, 0.1) is 0 Å². The van der Waals surface area contributed by atoms with Crippen LogP contribution < -0.4 is 4.90 Å². The van der Waals surface area contributed by atoms with Crippen molar-refractivity contribution in [1.82, 2.24) is 9.36 Å². The molecule has 0 atom stereocenters. The van der Waals surface area contributed by atoms with Crippen LogP contribution in [-0.4, -0.2) is 27.8 Å². The highest BCUT2D eigenvalue weighted by Gasteiger charge is 2.28. The summed E-state index contributed by atoms with van der Waals surface area (Å²) in [5.41, 5.74) is 0. The van der Waals surface area contributed by atoms with Crippen LogP contribution in [0.1, 0.15) is 44.9 Å². The molecule has 0 aromatic carbocycles. The Hall–Kier alpha value is -0.350. The highest BCUT2D eigenvalue weighted by Crippen LogP contribution is 2.39. The van der Waals surface area contributed by atoms with Gasteiger partial charge in [0.15, 0.2) is 0 Å².